The number of rotatable bonds is 16. The van der Waals surface area contributed by atoms with E-state index in [1.807, 2.05) is 0 Å². The summed E-state index contributed by atoms with van der Waals surface area (Å²) in [4.78, 5) is 2.25. The van der Waals surface area contributed by atoms with E-state index in [-0.39, 0.29) is 0 Å². The largest absolute Gasteiger partial charge is 0.416 e. The van der Waals surface area contributed by atoms with Crippen LogP contribution in [0.4, 0.5) is 13.2 Å². The first-order valence-corrected chi connectivity index (χ1v) is 12.9. The van der Waals surface area contributed by atoms with Crippen molar-refractivity contribution in [3.8, 4) is 0 Å². The second kappa shape index (κ2) is 15.2. The minimum absolute atomic E-state index is 0.590. The summed E-state index contributed by atoms with van der Waals surface area (Å²) in [5, 5.41) is 0. The van der Waals surface area contributed by atoms with E-state index in [1.165, 1.54) is 87.5 Å². The Balaban J connectivity index is 1.67. The maximum absolute atomic E-state index is 12.8. The summed E-state index contributed by atoms with van der Waals surface area (Å²) < 4.78 is 38.3. The van der Waals surface area contributed by atoms with Crippen molar-refractivity contribution in [2.24, 2.45) is 0 Å². The van der Waals surface area contributed by atoms with E-state index in [0.29, 0.717) is 6.54 Å². The molecule has 0 aromatic heterocycles. The number of hydrogen-bond donors (Lipinski definition) is 0. The van der Waals surface area contributed by atoms with Gasteiger partial charge in [-0.15, -0.1) is 0 Å². The highest BCUT2D eigenvalue weighted by Gasteiger charge is 2.29. The quantitative estimate of drug-likeness (QED) is 0.225. The monoisotopic (exact) mass is 461 g/mol. The zero-order valence-corrected chi connectivity index (χ0v) is 20.6. The van der Waals surface area contributed by atoms with E-state index in [1.54, 1.807) is 12.1 Å². The average Bonchev–Trinajstić information content (AvgIpc) is 2.80. The molecular weight excluding hydrogens is 419 g/mol. The van der Waals surface area contributed by atoms with Gasteiger partial charge in [0.2, 0.25) is 0 Å². The van der Waals surface area contributed by atoms with Crippen LogP contribution in [0.1, 0.15) is 100 Å². The molecule has 0 spiro atoms. The lowest BCUT2D eigenvalue weighted by Crippen LogP contribution is -2.22. The number of halogens is 3. The van der Waals surface area contributed by atoms with Crippen molar-refractivity contribution in [1.82, 2.24) is 4.90 Å². The van der Waals surface area contributed by atoms with Gasteiger partial charge in [0, 0.05) is 13.1 Å². The summed E-state index contributed by atoms with van der Waals surface area (Å²) in [6.45, 7) is 6.65. The predicted octanol–water partition coefficient (Wildman–Crippen LogP) is 9.19. The highest BCUT2D eigenvalue weighted by atomic mass is 19.4. The van der Waals surface area contributed by atoms with Gasteiger partial charge in [0.15, 0.2) is 0 Å². The third-order valence-corrected chi connectivity index (χ3v) is 6.38. The molecule has 0 saturated heterocycles. The van der Waals surface area contributed by atoms with Crippen LogP contribution in [-0.4, -0.2) is 11.4 Å². The van der Waals surface area contributed by atoms with Gasteiger partial charge in [-0.1, -0.05) is 108 Å². The second-order valence-corrected chi connectivity index (χ2v) is 9.25. The summed E-state index contributed by atoms with van der Waals surface area (Å²) in [5.41, 5.74) is 2.95. The maximum atomic E-state index is 12.8. The van der Waals surface area contributed by atoms with E-state index in [9.17, 15) is 13.2 Å². The molecule has 184 valence electrons. The molecule has 0 amide bonds. The number of hydrogen-bond acceptors (Lipinski definition) is 1. The number of benzene rings is 2. The van der Waals surface area contributed by atoms with Crippen molar-refractivity contribution in [3.63, 3.8) is 0 Å². The first kappa shape index (κ1) is 27.4. The van der Waals surface area contributed by atoms with Crippen LogP contribution in [0, 0.1) is 0 Å². The molecule has 0 bridgehead atoms. The minimum atomic E-state index is -4.28. The molecule has 0 aliphatic carbocycles. The zero-order valence-electron chi connectivity index (χ0n) is 20.6. The number of aryl methyl sites for hydroxylation is 1. The molecule has 0 radical (unpaired) electrons. The Hall–Kier alpha value is -1.81. The molecule has 2 rings (SSSR count). The predicted molar refractivity (Wildman–Crippen MR) is 133 cm³/mol. The Morgan fingerprint density at radius 2 is 1.00 bits per heavy atom. The van der Waals surface area contributed by atoms with E-state index in [2.05, 4.69) is 43.0 Å². The lowest BCUT2D eigenvalue weighted by atomic mass is 10.0. The molecule has 0 fully saturated rings. The van der Waals surface area contributed by atoms with Gasteiger partial charge >= 0.3 is 6.18 Å². The average molecular weight is 462 g/mol. The summed E-state index contributed by atoms with van der Waals surface area (Å²) in [5.74, 6) is 0. The fourth-order valence-electron chi connectivity index (χ4n) is 4.22. The van der Waals surface area contributed by atoms with Crippen LogP contribution >= 0.6 is 0 Å². The first-order chi connectivity index (χ1) is 15.9. The fourth-order valence-corrected chi connectivity index (χ4v) is 4.22. The van der Waals surface area contributed by atoms with Gasteiger partial charge < -0.3 is 0 Å². The summed E-state index contributed by atoms with van der Waals surface area (Å²) in [6, 6.07) is 14.4. The molecule has 0 saturated carbocycles. The Labute approximate surface area is 199 Å². The third kappa shape index (κ3) is 11.2. The highest BCUT2D eigenvalue weighted by molar-refractivity contribution is 5.25. The molecule has 0 aliphatic rings. The summed E-state index contributed by atoms with van der Waals surface area (Å²) in [7, 11) is 0. The van der Waals surface area contributed by atoms with Crippen molar-refractivity contribution < 1.29 is 13.2 Å². The molecule has 33 heavy (non-hydrogen) atoms. The van der Waals surface area contributed by atoms with Gasteiger partial charge in [-0.25, -0.2) is 0 Å². The van der Waals surface area contributed by atoms with E-state index >= 15 is 0 Å². The topological polar surface area (TPSA) is 3.24 Å². The minimum Gasteiger partial charge on any atom is -0.295 e. The summed E-state index contributed by atoms with van der Waals surface area (Å²) in [6.07, 6.45) is 10.4. The SMILES string of the molecule is CCCCCCCCCCCCc1ccc(CN(CC)Cc2ccc(C(F)(F)F)cc2)cc1. The fraction of sp³-hybridized carbons (Fsp3) is 0.586. The van der Waals surface area contributed by atoms with Gasteiger partial charge in [0.05, 0.1) is 5.56 Å². The van der Waals surface area contributed by atoms with Crippen LogP contribution in [0.3, 0.4) is 0 Å². The molecule has 1 nitrogen and oxygen atoms in total. The molecule has 0 unspecified atom stereocenters. The van der Waals surface area contributed by atoms with E-state index in [0.717, 1.165) is 25.1 Å². The smallest absolute Gasteiger partial charge is 0.295 e. The van der Waals surface area contributed by atoms with Crippen molar-refractivity contribution in [1.29, 1.82) is 0 Å². The number of nitrogens with zero attached hydrogens (tertiary/aromatic N) is 1. The second-order valence-electron chi connectivity index (χ2n) is 9.25. The molecule has 0 heterocycles. The van der Waals surface area contributed by atoms with Crippen molar-refractivity contribution in [2.45, 2.75) is 104 Å². The molecule has 2 aromatic rings. The standard InChI is InChI=1S/C29H42F3N/c1-3-5-6-7-8-9-10-11-12-13-14-25-15-17-26(18-16-25)23-33(4-2)24-27-19-21-28(22-20-27)29(30,31)32/h15-22H,3-14,23-24H2,1-2H3. The van der Waals surface area contributed by atoms with Crippen LogP contribution in [-0.2, 0) is 25.7 Å². The first-order valence-electron chi connectivity index (χ1n) is 12.9. The van der Waals surface area contributed by atoms with Crippen LogP contribution in [0.5, 0.6) is 0 Å². The molecular formula is C29H42F3N. The summed E-state index contributed by atoms with van der Waals surface area (Å²) >= 11 is 0. The zero-order chi connectivity index (χ0) is 23.9. The number of unbranched alkanes of at least 4 members (excludes halogenated alkanes) is 9. The third-order valence-electron chi connectivity index (χ3n) is 6.38. The van der Waals surface area contributed by atoms with Crippen LogP contribution in [0.2, 0.25) is 0 Å². The molecule has 4 heteroatoms. The Morgan fingerprint density at radius 1 is 0.576 bits per heavy atom. The van der Waals surface area contributed by atoms with Gasteiger partial charge in [-0.05, 0) is 48.2 Å². The molecule has 0 atom stereocenters. The van der Waals surface area contributed by atoms with Crippen molar-refractivity contribution in [3.05, 3.63) is 70.8 Å². The molecule has 0 N–H and O–H groups in total. The normalized spacial score (nSPS) is 11.9. The Morgan fingerprint density at radius 3 is 1.45 bits per heavy atom. The van der Waals surface area contributed by atoms with Gasteiger partial charge in [-0.3, -0.25) is 4.90 Å². The van der Waals surface area contributed by atoms with Gasteiger partial charge in [-0.2, -0.15) is 13.2 Å². The van der Waals surface area contributed by atoms with Crippen molar-refractivity contribution >= 4 is 0 Å². The lowest BCUT2D eigenvalue weighted by molar-refractivity contribution is -0.137. The Bertz CT molecular complexity index is 750. The number of alkyl halides is 3. The maximum Gasteiger partial charge on any atom is 0.416 e. The van der Waals surface area contributed by atoms with Gasteiger partial charge in [0.1, 0.15) is 0 Å². The van der Waals surface area contributed by atoms with E-state index in [4.69, 9.17) is 0 Å². The van der Waals surface area contributed by atoms with E-state index < -0.39 is 11.7 Å². The van der Waals surface area contributed by atoms with Crippen LogP contribution < -0.4 is 0 Å². The highest BCUT2D eigenvalue weighted by Crippen LogP contribution is 2.29. The van der Waals surface area contributed by atoms with Gasteiger partial charge in [0.25, 0.3) is 0 Å². The molecule has 0 aliphatic heterocycles. The Kier molecular flexibility index (Phi) is 12.6. The lowest BCUT2D eigenvalue weighted by Gasteiger charge is -2.21. The molecule has 2 aromatic carbocycles. The van der Waals surface area contributed by atoms with Crippen molar-refractivity contribution in [2.75, 3.05) is 6.54 Å². The van der Waals surface area contributed by atoms with Crippen LogP contribution in [0.25, 0.3) is 0 Å². The van der Waals surface area contributed by atoms with Crippen LogP contribution in [0.15, 0.2) is 48.5 Å².